The Morgan fingerprint density at radius 1 is 0.825 bits per heavy atom. The van der Waals surface area contributed by atoms with Crippen molar-refractivity contribution in [1.82, 2.24) is 19.7 Å². The average molecular weight is 545 g/mol. The van der Waals surface area contributed by atoms with Gasteiger partial charge in [-0.25, -0.2) is 4.39 Å². The number of halogens is 1. The van der Waals surface area contributed by atoms with Crippen LogP contribution < -0.4 is 4.74 Å². The number of amides is 1. The summed E-state index contributed by atoms with van der Waals surface area (Å²) in [5.74, 6) is 0.985. The van der Waals surface area contributed by atoms with Gasteiger partial charge < -0.3 is 9.64 Å². The number of hydrogen-bond acceptors (Lipinski definition) is 6. The van der Waals surface area contributed by atoms with Gasteiger partial charge in [0.1, 0.15) is 17.3 Å². The number of hydrogen-bond donors (Lipinski definition) is 0. The SMILES string of the molecule is COc1ccc(CN2CCC(CC(=O)c3ccc(C(=O)N4CCN(Cc5ccc(F)cc5)CC4)nc3)CC2)cc1. The quantitative estimate of drug-likeness (QED) is 0.365. The lowest BCUT2D eigenvalue weighted by molar-refractivity contribution is 0.0622. The maximum atomic E-state index is 13.1. The summed E-state index contributed by atoms with van der Waals surface area (Å²) in [4.78, 5) is 36.8. The van der Waals surface area contributed by atoms with E-state index >= 15 is 0 Å². The topological polar surface area (TPSA) is 66.0 Å². The summed E-state index contributed by atoms with van der Waals surface area (Å²) >= 11 is 0. The first-order valence-electron chi connectivity index (χ1n) is 14.1. The predicted octanol–water partition coefficient (Wildman–Crippen LogP) is 4.67. The maximum absolute atomic E-state index is 13.1. The van der Waals surface area contributed by atoms with E-state index in [1.807, 2.05) is 17.0 Å². The van der Waals surface area contributed by atoms with Crippen LogP contribution in [0.3, 0.4) is 0 Å². The van der Waals surface area contributed by atoms with E-state index in [9.17, 15) is 14.0 Å². The molecule has 210 valence electrons. The summed E-state index contributed by atoms with van der Waals surface area (Å²) in [7, 11) is 1.67. The Hall–Kier alpha value is -3.62. The van der Waals surface area contributed by atoms with Gasteiger partial charge in [0, 0.05) is 57.4 Å². The van der Waals surface area contributed by atoms with Crippen molar-refractivity contribution >= 4 is 11.7 Å². The molecule has 5 rings (SSSR count). The van der Waals surface area contributed by atoms with Crippen molar-refractivity contribution in [2.75, 3.05) is 46.4 Å². The summed E-state index contributed by atoms with van der Waals surface area (Å²) in [6, 6.07) is 18.2. The van der Waals surface area contributed by atoms with Crippen molar-refractivity contribution in [2.24, 2.45) is 5.92 Å². The van der Waals surface area contributed by atoms with Crippen LogP contribution in [0.2, 0.25) is 0 Å². The molecule has 0 saturated carbocycles. The number of pyridine rings is 1. The van der Waals surface area contributed by atoms with Crippen molar-refractivity contribution in [3.63, 3.8) is 0 Å². The normalized spacial score (nSPS) is 17.1. The number of ketones is 1. The van der Waals surface area contributed by atoms with Crippen molar-refractivity contribution in [2.45, 2.75) is 32.4 Å². The first-order valence-corrected chi connectivity index (χ1v) is 14.1. The smallest absolute Gasteiger partial charge is 0.272 e. The number of carbonyl (C=O) groups excluding carboxylic acids is 2. The first-order chi connectivity index (χ1) is 19.5. The second-order valence-electron chi connectivity index (χ2n) is 10.8. The Morgan fingerprint density at radius 3 is 2.00 bits per heavy atom. The number of methoxy groups -OCH3 is 1. The third-order valence-electron chi connectivity index (χ3n) is 8.03. The van der Waals surface area contributed by atoms with E-state index in [1.165, 1.54) is 17.7 Å². The van der Waals surface area contributed by atoms with Gasteiger partial charge in [0.15, 0.2) is 5.78 Å². The molecule has 0 unspecified atom stereocenters. The van der Waals surface area contributed by atoms with Crippen LogP contribution in [0.1, 0.15) is 51.2 Å². The van der Waals surface area contributed by atoms with Gasteiger partial charge in [0.05, 0.1) is 7.11 Å². The van der Waals surface area contributed by atoms with Gasteiger partial charge in [-0.3, -0.25) is 24.4 Å². The second kappa shape index (κ2) is 13.2. The zero-order chi connectivity index (χ0) is 27.9. The number of carbonyl (C=O) groups is 2. The summed E-state index contributed by atoms with van der Waals surface area (Å²) < 4.78 is 18.4. The Morgan fingerprint density at radius 2 is 1.43 bits per heavy atom. The molecule has 3 heterocycles. The van der Waals surface area contributed by atoms with Gasteiger partial charge in [-0.05, 0) is 79.4 Å². The second-order valence-corrected chi connectivity index (χ2v) is 10.8. The molecule has 2 aromatic carbocycles. The average Bonchev–Trinajstić information content (AvgIpc) is 3.00. The molecular formula is C32H37FN4O3. The summed E-state index contributed by atoms with van der Waals surface area (Å²) in [5.41, 5.74) is 3.27. The molecule has 1 amide bonds. The molecule has 2 saturated heterocycles. The monoisotopic (exact) mass is 544 g/mol. The summed E-state index contributed by atoms with van der Waals surface area (Å²) in [6.07, 6.45) is 4.07. The number of rotatable bonds is 9. The number of piperidine rings is 1. The number of piperazine rings is 1. The van der Waals surface area contributed by atoms with E-state index in [1.54, 1.807) is 37.6 Å². The molecule has 2 aliphatic rings. The van der Waals surface area contributed by atoms with E-state index in [4.69, 9.17) is 4.74 Å². The lowest BCUT2D eigenvalue weighted by atomic mass is 9.90. The van der Waals surface area contributed by atoms with Crippen LogP contribution >= 0.6 is 0 Å². The predicted molar refractivity (Wildman–Crippen MR) is 152 cm³/mol. The first kappa shape index (κ1) is 27.9. The Balaban J connectivity index is 1.05. The molecule has 0 radical (unpaired) electrons. The Kier molecular flexibility index (Phi) is 9.19. The Bertz CT molecular complexity index is 1270. The van der Waals surface area contributed by atoms with E-state index in [2.05, 4.69) is 26.9 Å². The lowest BCUT2D eigenvalue weighted by Gasteiger charge is -2.34. The molecule has 1 aromatic heterocycles. The third-order valence-corrected chi connectivity index (χ3v) is 8.03. The zero-order valence-electron chi connectivity index (χ0n) is 23.1. The minimum atomic E-state index is -0.235. The number of benzene rings is 2. The van der Waals surface area contributed by atoms with Crippen LogP contribution in [0, 0.1) is 11.7 Å². The van der Waals surface area contributed by atoms with Gasteiger partial charge in [0.2, 0.25) is 0 Å². The largest absolute Gasteiger partial charge is 0.497 e. The summed E-state index contributed by atoms with van der Waals surface area (Å²) in [5, 5.41) is 0. The molecule has 0 bridgehead atoms. The third kappa shape index (κ3) is 7.31. The van der Waals surface area contributed by atoms with E-state index in [0.29, 0.717) is 36.7 Å². The molecular weight excluding hydrogens is 507 g/mol. The Labute approximate surface area is 235 Å². The van der Waals surface area contributed by atoms with Crippen LogP contribution in [0.4, 0.5) is 4.39 Å². The fourth-order valence-corrected chi connectivity index (χ4v) is 5.52. The van der Waals surface area contributed by atoms with Crippen molar-refractivity contribution < 1.29 is 18.7 Å². The molecule has 0 N–H and O–H groups in total. The highest BCUT2D eigenvalue weighted by molar-refractivity contribution is 5.97. The van der Waals surface area contributed by atoms with E-state index < -0.39 is 0 Å². The van der Waals surface area contributed by atoms with Gasteiger partial charge in [-0.2, -0.15) is 0 Å². The van der Waals surface area contributed by atoms with Crippen LogP contribution in [0.25, 0.3) is 0 Å². The molecule has 3 aromatic rings. The minimum Gasteiger partial charge on any atom is -0.497 e. The van der Waals surface area contributed by atoms with E-state index in [0.717, 1.165) is 63.4 Å². The lowest BCUT2D eigenvalue weighted by Crippen LogP contribution is -2.48. The molecule has 0 spiro atoms. The van der Waals surface area contributed by atoms with Crippen molar-refractivity contribution in [1.29, 1.82) is 0 Å². The molecule has 40 heavy (non-hydrogen) atoms. The minimum absolute atomic E-state index is 0.0921. The van der Waals surface area contributed by atoms with Gasteiger partial charge in [0.25, 0.3) is 5.91 Å². The molecule has 2 aliphatic heterocycles. The molecule has 0 atom stereocenters. The van der Waals surface area contributed by atoms with E-state index in [-0.39, 0.29) is 17.5 Å². The molecule has 8 heteroatoms. The van der Waals surface area contributed by atoms with Crippen molar-refractivity contribution in [3.8, 4) is 5.75 Å². The van der Waals surface area contributed by atoms with Gasteiger partial charge in [-0.1, -0.05) is 24.3 Å². The highest BCUT2D eigenvalue weighted by atomic mass is 19.1. The highest BCUT2D eigenvalue weighted by Crippen LogP contribution is 2.24. The standard InChI is InChI=1S/C32H37FN4O3/c1-40-29-9-4-26(5-10-29)22-35-14-12-24(13-15-35)20-31(38)27-6-11-30(34-21-27)32(39)37-18-16-36(17-19-37)23-25-2-7-28(33)8-3-25/h2-11,21,24H,12-20,22-23H2,1H3. The molecule has 0 aliphatic carbocycles. The number of likely N-dealkylation sites (tertiary alicyclic amines) is 1. The maximum Gasteiger partial charge on any atom is 0.272 e. The highest BCUT2D eigenvalue weighted by Gasteiger charge is 2.25. The number of nitrogens with zero attached hydrogens (tertiary/aromatic N) is 4. The zero-order valence-corrected chi connectivity index (χ0v) is 23.1. The van der Waals surface area contributed by atoms with Crippen LogP contribution in [0.15, 0.2) is 66.9 Å². The molecule has 2 fully saturated rings. The number of Topliss-reactive ketones (excluding diaryl/α,β-unsaturated/α-hetero) is 1. The van der Waals surface area contributed by atoms with Gasteiger partial charge in [-0.15, -0.1) is 0 Å². The van der Waals surface area contributed by atoms with Crippen LogP contribution in [0.5, 0.6) is 5.75 Å². The fourth-order valence-electron chi connectivity index (χ4n) is 5.52. The number of aromatic nitrogens is 1. The summed E-state index contributed by atoms with van der Waals surface area (Å²) in [6.45, 7) is 6.32. The van der Waals surface area contributed by atoms with Crippen molar-refractivity contribution in [3.05, 3.63) is 95.1 Å². The number of ether oxygens (including phenoxy) is 1. The van der Waals surface area contributed by atoms with Gasteiger partial charge >= 0.3 is 0 Å². The molecule has 7 nitrogen and oxygen atoms in total. The van der Waals surface area contributed by atoms with Crippen LogP contribution in [-0.4, -0.2) is 77.8 Å². The fraction of sp³-hybridized carbons (Fsp3) is 0.406. The van der Waals surface area contributed by atoms with Crippen LogP contribution in [-0.2, 0) is 13.1 Å².